The summed E-state index contributed by atoms with van der Waals surface area (Å²) in [7, 11) is 0. The van der Waals surface area contributed by atoms with E-state index < -0.39 is 83.6 Å². The molecule has 49 heavy (non-hydrogen) atoms. The lowest BCUT2D eigenvalue weighted by Gasteiger charge is -2.71. The van der Waals surface area contributed by atoms with Gasteiger partial charge in [0.05, 0.1) is 25.7 Å². The fourth-order valence-corrected chi connectivity index (χ4v) is 12.5. The van der Waals surface area contributed by atoms with Crippen molar-refractivity contribution in [3.8, 4) is 0 Å². The maximum absolute atomic E-state index is 13.4. The molecule has 11 heteroatoms. The minimum atomic E-state index is -1.60. The number of carbonyl (C=O) groups is 2. The van der Waals surface area contributed by atoms with E-state index in [2.05, 4.69) is 54.5 Å². The second-order valence-electron chi connectivity index (χ2n) is 18.0. The molecule has 5 fully saturated rings. The van der Waals surface area contributed by atoms with Gasteiger partial charge in [0.2, 0.25) is 0 Å². The van der Waals surface area contributed by atoms with Gasteiger partial charge in [0, 0.05) is 17.8 Å². The van der Waals surface area contributed by atoms with Crippen LogP contribution in [0.1, 0.15) is 93.9 Å². The van der Waals surface area contributed by atoms with E-state index in [1.165, 1.54) is 12.5 Å². The molecular formula is C38H60O11. The number of aliphatic carboxylic acids is 1. The lowest BCUT2D eigenvalue weighted by atomic mass is 9.34. The Bertz CT molecular complexity index is 1330. The van der Waals surface area contributed by atoms with Crippen molar-refractivity contribution in [3.63, 3.8) is 0 Å². The first-order valence-electron chi connectivity index (χ1n) is 18.5. The third-order valence-electron chi connectivity index (χ3n) is 15.5. The van der Waals surface area contributed by atoms with Crippen LogP contribution < -0.4 is 0 Å². The van der Waals surface area contributed by atoms with Crippen molar-refractivity contribution in [2.24, 2.45) is 56.7 Å². The number of hydrogen-bond acceptors (Lipinski definition) is 10. The van der Waals surface area contributed by atoms with Gasteiger partial charge in [-0.05, 0) is 78.4 Å². The van der Waals surface area contributed by atoms with Crippen molar-refractivity contribution in [3.05, 3.63) is 11.6 Å². The lowest BCUT2D eigenvalue weighted by Crippen LogP contribution is -2.71. The highest BCUT2D eigenvalue weighted by Gasteiger charge is 2.72. The van der Waals surface area contributed by atoms with Gasteiger partial charge in [0.25, 0.3) is 0 Å². The fourth-order valence-electron chi connectivity index (χ4n) is 12.5. The first-order valence-corrected chi connectivity index (χ1v) is 18.5. The summed E-state index contributed by atoms with van der Waals surface area (Å²) in [5, 5.41) is 52.6. The van der Waals surface area contributed by atoms with Crippen molar-refractivity contribution >= 4 is 11.9 Å². The van der Waals surface area contributed by atoms with Gasteiger partial charge in [0.1, 0.15) is 36.6 Å². The van der Waals surface area contributed by atoms with Crippen LogP contribution in [-0.2, 0) is 28.5 Å². The van der Waals surface area contributed by atoms with Crippen LogP contribution in [0.2, 0.25) is 0 Å². The molecular weight excluding hydrogens is 632 g/mol. The molecule has 2 bridgehead atoms. The lowest BCUT2D eigenvalue weighted by molar-refractivity contribution is -0.349. The summed E-state index contributed by atoms with van der Waals surface area (Å²) in [6.07, 6.45) is -1.86. The minimum absolute atomic E-state index is 0.0657. The van der Waals surface area contributed by atoms with E-state index in [1.807, 2.05) is 0 Å². The second kappa shape index (κ2) is 12.5. The van der Waals surface area contributed by atoms with Gasteiger partial charge >= 0.3 is 11.9 Å². The number of fused-ring (bicyclic) bond motifs is 3. The summed E-state index contributed by atoms with van der Waals surface area (Å²) in [5.41, 5.74) is -0.955. The van der Waals surface area contributed by atoms with Crippen molar-refractivity contribution in [1.29, 1.82) is 0 Å². The number of aliphatic hydroxyl groups excluding tert-OH is 4. The quantitative estimate of drug-likeness (QED) is 0.150. The molecule has 3 saturated carbocycles. The van der Waals surface area contributed by atoms with Crippen molar-refractivity contribution in [2.75, 3.05) is 19.8 Å². The minimum Gasteiger partial charge on any atom is -0.481 e. The Morgan fingerprint density at radius 1 is 0.980 bits per heavy atom. The van der Waals surface area contributed by atoms with Crippen molar-refractivity contribution in [2.45, 2.75) is 137 Å². The zero-order chi connectivity index (χ0) is 36.1. The van der Waals surface area contributed by atoms with Crippen LogP contribution in [0.25, 0.3) is 0 Å². The van der Waals surface area contributed by atoms with Gasteiger partial charge in [-0.3, -0.25) is 9.59 Å². The Hall–Kier alpha value is -1.60. The Morgan fingerprint density at radius 3 is 2.29 bits per heavy atom. The molecule has 0 aromatic heterocycles. The van der Waals surface area contributed by atoms with Crippen LogP contribution in [0.4, 0.5) is 0 Å². The van der Waals surface area contributed by atoms with E-state index in [0.717, 1.165) is 25.7 Å². The summed E-state index contributed by atoms with van der Waals surface area (Å²) in [6.45, 7) is 17.0. The molecule has 3 unspecified atom stereocenters. The summed E-state index contributed by atoms with van der Waals surface area (Å²) in [6, 6.07) is 0. The van der Waals surface area contributed by atoms with Gasteiger partial charge in [-0.2, -0.15) is 0 Å². The Balaban J connectivity index is 1.40. The normalized spacial score (nSPS) is 51.5. The molecule has 6 aliphatic rings. The van der Waals surface area contributed by atoms with E-state index in [-0.39, 0.29) is 28.6 Å². The van der Waals surface area contributed by atoms with Gasteiger partial charge in [0.15, 0.2) is 6.29 Å². The molecule has 2 saturated heterocycles. The topological polar surface area (TPSA) is 172 Å². The smallest absolute Gasteiger partial charge is 0.307 e. The highest BCUT2D eigenvalue weighted by Crippen LogP contribution is 2.75. The zero-order valence-corrected chi connectivity index (χ0v) is 30.6. The maximum atomic E-state index is 13.4. The maximum Gasteiger partial charge on any atom is 0.307 e. The highest BCUT2D eigenvalue weighted by molar-refractivity contribution is 5.73. The number of carboxylic acids is 1. The predicted molar refractivity (Wildman–Crippen MR) is 178 cm³/mol. The number of aliphatic hydroxyl groups is 4. The van der Waals surface area contributed by atoms with Crippen LogP contribution in [0.15, 0.2) is 11.6 Å². The third-order valence-corrected chi connectivity index (χ3v) is 15.5. The van der Waals surface area contributed by atoms with Gasteiger partial charge in [-0.15, -0.1) is 0 Å². The summed E-state index contributed by atoms with van der Waals surface area (Å²) in [5.74, 6) is -0.879. The third kappa shape index (κ3) is 5.22. The van der Waals surface area contributed by atoms with Crippen LogP contribution in [-0.4, -0.2) is 100 Å². The van der Waals surface area contributed by atoms with Crippen LogP contribution in [0, 0.1) is 56.7 Å². The second-order valence-corrected chi connectivity index (χ2v) is 18.0. The van der Waals surface area contributed by atoms with Crippen molar-refractivity contribution < 1.29 is 54.1 Å². The molecule has 0 radical (unpaired) electrons. The van der Waals surface area contributed by atoms with E-state index in [4.69, 9.17) is 18.9 Å². The summed E-state index contributed by atoms with van der Waals surface area (Å²) >= 11 is 0. The highest BCUT2D eigenvalue weighted by atomic mass is 16.7. The first kappa shape index (κ1) is 37.2. The molecule has 278 valence electrons. The zero-order valence-electron chi connectivity index (χ0n) is 30.6. The van der Waals surface area contributed by atoms with Gasteiger partial charge in [-0.1, -0.05) is 60.1 Å². The SMILES string of the molecule is CC(=O)O[C@@H]1C[C@@]23COCC(C)([C@H]1O[C@@H]1OC(CO)[C@@H](O)[C@H](O)C1O)[C@@H]2CC[C@H]1C3=CC[C@@]2(C)[C@H](C(=O)O)[C@@](C)([C@H](C)C(C)C)CC[C@]12C. The molecule has 5 N–H and O–H groups in total. The van der Waals surface area contributed by atoms with E-state index >= 15 is 0 Å². The number of carbonyl (C=O) groups excluding carboxylic acids is 1. The molecule has 2 heterocycles. The number of carboxylic acid groups (broad SMARTS) is 1. The average Bonchev–Trinajstić information content (AvgIpc) is 3.02. The number of hydrogen-bond donors (Lipinski definition) is 5. The van der Waals surface area contributed by atoms with Gasteiger partial charge in [-0.25, -0.2) is 0 Å². The predicted octanol–water partition coefficient (Wildman–Crippen LogP) is 3.69. The van der Waals surface area contributed by atoms with E-state index in [0.29, 0.717) is 32.0 Å². The molecule has 11 nitrogen and oxygen atoms in total. The number of esters is 1. The molecule has 0 spiro atoms. The molecule has 0 amide bonds. The van der Waals surface area contributed by atoms with E-state index in [1.54, 1.807) is 0 Å². The number of allylic oxidation sites excluding steroid dienone is 1. The largest absolute Gasteiger partial charge is 0.481 e. The van der Waals surface area contributed by atoms with Crippen LogP contribution >= 0.6 is 0 Å². The Kier molecular flexibility index (Phi) is 9.50. The molecule has 0 aromatic carbocycles. The summed E-state index contributed by atoms with van der Waals surface area (Å²) < 4.78 is 24.8. The molecule has 16 atom stereocenters. The first-order chi connectivity index (χ1) is 22.8. The average molecular weight is 693 g/mol. The van der Waals surface area contributed by atoms with Crippen LogP contribution in [0.3, 0.4) is 0 Å². The molecule has 6 rings (SSSR count). The van der Waals surface area contributed by atoms with E-state index in [9.17, 15) is 35.1 Å². The molecule has 0 aromatic rings. The Morgan fingerprint density at radius 2 is 1.67 bits per heavy atom. The van der Waals surface area contributed by atoms with Crippen LogP contribution in [0.5, 0.6) is 0 Å². The number of ether oxygens (including phenoxy) is 4. The monoisotopic (exact) mass is 692 g/mol. The molecule has 4 aliphatic carbocycles. The number of rotatable bonds is 7. The Labute approximate surface area is 290 Å². The molecule has 2 aliphatic heterocycles. The fraction of sp³-hybridized carbons (Fsp3) is 0.895. The van der Waals surface area contributed by atoms with Crippen molar-refractivity contribution in [1.82, 2.24) is 0 Å². The summed E-state index contributed by atoms with van der Waals surface area (Å²) in [4.78, 5) is 26.0. The van der Waals surface area contributed by atoms with Gasteiger partial charge < -0.3 is 44.5 Å². The standard InChI is InChI=1S/C38H60O11/c1-19(2)20(3)34(5)13-14-36(7)22-9-10-26-35(6)17-46-18-38(26,23(22)11-12-37(36,8)30(34)32(44)45)15-24(47-21(4)40)31(35)49-33-29(43)28(42)27(41)25(16-39)48-33/h11,19-20,22,24-31,33,39,41-43H,9-10,12-18H2,1-8H3,(H,44,45)/t20-,22+,24-,25?,26+,27-,28+,29?,30-,31+,33+,34-,35?,36-,37+,38+/m1/s1.